The van der Waals surface area contributed by atoms with Crippen LogP contribution in [0.4, 0.5) is 0 Å². The number of aromatic nitrogens is 2. The lowest BCUT2D eigenvalue weighted by Gasteiger charge is -2.28. The number of nitrogens with zero attached hydrogens (tertiary/aromatic N) is 3. The zero-order valence-corrected chi connectivity index (χ0v) is 19.7. The van der Waals surface area contributed by atoms with Gasteiger partial charge in [0.25, 0.3) is 5.91 Å². The number of ether oxygens (including phenoxy) is 1. The highest BCUT2D eigenvalue weighted by molar-refractivity contribution is 6.31. The van der Waals surface area contributed by atoms with Gasteiger partial charge in [0.2, 0.25) is 0 Å². The maximum Gasteiger partial charge on any atom is 0.263 e. The van der Waals surface area contributed by atoms with Crippen molar-refractivity contribution in [1.82, 2.24) is 14.5 Å². The Kier molecular flexibility index (Phi) is 5.50. The van der Waals surface area contributed by atoms with E-state index >= 15 is 0 Å². The average molecular weight is 472 g/mol. The Balaban J connectivity index is 1.36. The van der Waals surface area contributed by atoms with Crippen LogP contribution in [0, 0.1) is 0 Å². The first-order valence-corrected chi connectivity index (χ1v) is 12.3. The number of hydrogen-bond acceptors (Lipinski definition) is 3. The van der Waals surface area contributed by atoms with E-state index < -0.39 is 6.10 Å². The molecule has 6 rings (SSSR count). The molecule has 1 fully saturated rings. The van der Waals surface area contributed by atoms with Gasteiger partial charge < -0.3 is 14.2 Å². The van der Waals surface area contributed by atoms with Gasteiger partial charge in [-0.15, -0.1) is 0 Å². The summed E-state index contributed by atoms with van der Waals surface area (Å²) in [5.74, 6) is 0.856. The number of piperidine rings is 1. The van der Waals surface area contributed by atoms with Crippen molar-refractivity contribution in [2.45, 2.75) is 38.3 Å². The molecule has 172 valence electrons. The molecule has 0 saturated carbocycles. The first-order chi connectivity index (χ1) is 16.7. The highest BCUT2D eigenvalue weighted by Crippen LogP contribution is 2.43. The fourth-order valence-electron chi connectivity index (χ4n) is 5.21. The van der Waals surface area contributed by atoms with Crippen LogP contribution in [0.2, 0.25) is 5.02 Å². The lowest BCUT2D eigenvalue weighted by Crippen LogP contribution is -2.43. The van der Waals surface area contributed by atoms with Crippen LogP contribution in [-0.4, -0.2) is 39.6 Å². The van der Waals surface area contributed by atoms with Gasteiger partial charge >= 0.3 is 0 Å². The number of fused-ring (bicyclic) bond motifs is 2. The molecule has 0 aliphatic carbocycles. The third-order valence-corrected chi connectivity index (χ3v) is 7.11. The molecular formula is C28H26ClN3O2. The molecule has 34 heavy (non-hydrogen) atoms. The summed E-state index contributed by atoms with van der Waals surface area (Å²) in [5.41, 5.74) is 5.06. The van der Waals surface area contributed by atoms with Crippen molar-refractivity contribution in [1.29, 1.82) is 0 Å². The zero-order valence-electron chi connectivity index (χ0n) is 18.9. The van der Waals surface area contributed by atoms with Crippen molar-refractivity contribution < 1.29 is 9.53 Å². The van der Waals surface area contributed by atoms with Crippen molar-refractivity contribution in [3.05, 3.63) is 83.1 Å². The second-order valence-electron chi connectivity index (χ2n) is 9.16. The summed E-state index contributed by atoms with van der Waals surface area (Å²) in [6.45, 7) is 2.39. The third kappa shape index (κ3) is 3.84. The quantitative estimate of drug-likeness (QED) is 0.382. The predicted molar refractivity (Wildman–Crippen MR) is 134 cm³/mol. The van der Waals surface area contributed by atoms with E-state index in [2.05, 4.69) is 33.9 Å². The largest absolute Gasteiger partial charge is 0.479 e. The summed E-state index contributed by atoms with van der Waals surface area (Å²) < 4.78 is 8.49. The smallest absolute Gasteiger partial charge is 0.263 e. The molecule has 4 aromatic rings. The topological polar surface area (TPSA) is 47.4 Å². The van der Waals surface area contributed by atoms with E-state index in [1.54, 1.807) is 0 Å². The van der Waals surface area contributed by atoms with Crippen LogP contribution < -0.4 is 4.74 Å². The minimum atomic E-state index is -0.481. The fraction of sp³-hybridized carbons (Fsp3) is 0.286. The standard InChI is InChI=1S/C28H26ClN3O2/c29-21-15-20-16-25(28(33)31-12-5-2-6-13-31)34-26(20)24(17-21)22-9-11-30-27-23(22)10-14-32(27)18-19-7-3-1-4-8-19/h1,3-4,7-11,14-15,17,25H,2,5-6,12-13,16,18H2. The molecule has 1 amide bonds. The van der Waals surface area contributed by atoms with E-state index in [-0.39, 0.29) is 5.91 Å². The van der Waals surface area contributed by atoms with Crippen LogP contribution in [-0.2, 0) is 17.8 Å². The molecule has 1 saturated heterocycles. The number of amides is 1. The van der Waals surface area contributed by atoms with Gasteiger partial charge in [-0.25, -0.2) is 4.98 Å². The fourth-order valence-corrected chi connectivity index (χ4v) is 5.45. The van der Waals surface area contributed by atoms with Crippen LogP contribution in [0.5, 0.6) is 5.75 Å². The average Bonchev–Trinajstić information content (AvgIpc) is 3.48. The van der Waals surface area contributed by atoms with Crippen molar-refractivity contribution in [3.8, 4) is 16.9 Å². The van der Waals surface area contributed by atoms with Gasteiger partial charge in [0, 0.05) is 60.0 Å². The molecule has 2 aromatic carbocycles. The first kappa shape index (κ1) is 21.2. The number of carbonyl (C=O) groups excluding carboxylic acids is 1. The van der Waals surface area contributed by atoms with Crippen molar-refractivity contribution in [2.24, 2.45) is 0 Å². The van der Waals surface area contributed by atoms with Crippen LogP contribution >= 0.6 is 11.6 Å². The molecular weight excluding hydrogens is 446 g/mol. The lowest BCUT2D eigenvalue weighted by molar-refractivity contribution is -0.138. The molecule has 4 heterocycles. The number of benzene rings is 2. The Morgan fingerprint density at radius 1 is 1.03 bits per heavy atom. The highest BCUT2D eigenvalue weighted by atomic mass is 35.5. The summed E-state index contributed by atoms with van der Waals surface area (Å²) in [6, 6.07) is 18.3. The SMILES string of the molecule is O=C(C1Cc2cc(Cl)cc(-c3ccnc4c3ccn4Cc3ccccc3)c2O1)N1CCCCC1. The van der Waals surface area contributed by atoms with E-state index in [1.807, 2.05) is 47.5 Å². The van der Waals surface area contributed by atoms with Gasteiger partial charge in [-0.2, -0.15) is 0 Å². The van der Waals surface area contributed by atoms with Gasteiger partial charge in [0.15, 0.2) is 6.10 Å². The monoisotopic (exact) mass is 471 g/mol. The number of rotatable bonds is 4. The second kappa shape index (κ2) is 8.80. The number of likely N-dealkylation sites (tertiary alicyclic amines) is 1. The lowest BCUT2D eigenvalue weighted by atomic mass is 9.99. The van der Waals surface area contributed by atoms with E-state index in [0.717, 1.165) is 65.9 Å². The molecule has 6 heteroatoms. The molecule has 2 aromatic heterocycles. The molecule has 1 unspecified atom stereocenters. The Bertz CT molecular complexity index is 1360. The second-order valence-corrected chi connectivity index (χ2v) is 9.60. The molecule has 2 aliphatic heterocycles. The van der Waals surface area contributed by atoms with Crippen molar-refractivity contribution in [3.63, 3.8) is 0 Å². The molecule has 5 nitrogen and oxygen atoms in total. The zero-order chi connectivity index (χ0) is 23.1. The molecule has 0 bridgehead atoms. The number of pyridine rings is 1. The number of carbonyl (C=O) groups is 1. The van der Waals surface area contributed by atoms with E-state index in [1.165, 1.54) is 12.0 Å². The van der Waals surface area contributed by atoms with Gasteiger partial charge in [0.05, 0.1) is 0 Å². The molecule has 0 N–H and O–H groups in total. The van der Waals surface area contributed by atoms with Crippen LogP contribution in [0.1, 0.15) is 30.4 Å². The summed E-state index contributed by atoms with van der Waals surface area (Å²) >= 11 is 6.55. The maximum atomic E-state index is 13.1. The third-order valence-electron chi connectivity index (χ3n) is 6.89. The van der Waals surface area contributed by atoms with Crippen LogP contribution in [0.15, 0.2) is 67.0 Å². The molecule has 1 atom stereocenters. The maximum absolute atomic E-state index is 13.1. The Hall–Kier alpha value is -3.31. The summed E-state index contributed by atoms with van der Waals surface area (Å²) in [5, 5.41) is 1.69. The Morgan fingerprint density at radius 2 is 1.85 bits per heavy atom. The Morgan fingerprint density at radius 3 is 2.68 bits per heavy atom. The van der Waals surface area contributed by atoms with Gasteiger partial charge in [0.1, 0.15) is 11.4 Å². The predicted octanol–water partition coefficient (Wildman–Crippen LogP) is 5.72. The summed E-state index contributed by atoms with van der Waals surface area (Å²) in [6.07, 6.45) is 7.30. The van der Waals surface area contributed by atoms with Crippen molar-refractivity contribution >= 4 is 28.5 Å². The number of hydrogen-bond donors (Lipinski definition) is 0. The first-order valence-electron chi connectivity index (χ1n) is 11.9. The summed E-state index contributed by atoms with van der Waals surface area (Å²) in [4.78, 5) is 19.8. The van der Waals surface area contributed by atoms with E-state index in [4.69, 9.17) is 16.3 Å². The highest BCUT2D eigenvalue weighted by Gasteiger charge is 2.35. The van der Waals surface area contributed by atoms with E-state index in [9.17, 15) is 4.79 Å². The number of halogens is 1. The van der Waals surface area contributed by atoms with Gasteiger partial charge in [-0.05, 0) is 54.7 Å². The van der Waals surface area contributed by atoms with E-state index in [0.29, 0.717) is 11.4 Å². The summed E-state index contributed by atoms with van der Waals surface area (Å²) in [7, 11) is 0. The molecule has 0 spiro atoms. The van der Waals surface area contributed by atoms with Crippen LogP contribution in [0.3, 0.4) is 0 Å². The molecule has 2 aliphatic rings. The van der Waals surface area contributed by atoms with Crippen molar-refractivity contribution in [2.75, 3.05) is 13.1 Å². The van der Waals surface area contributed by atoms with Gasteiger partial charge in [-0.3, -0.25) is 4.79 Å². The Labute approximate surface area is 203 Å². The normalized spacial score (nSPS) is 17.6. The van der Waals surface area contributed by atoms with Crippen LogP contribution in [0.25, 0.3) is 22.2 Å². The minimum Gasteiger partial charge on any atom is -0.479 e. The molecule has 0 radical (unpaired) electrons. The minimum absolute atomic E-state index is 0.0897. The van der Waals surface area contributed by atoms with Gasteiger partial charge in [-0.1, -0.05) is 41.9 Å².